The molecule has 21 heavy (non-hydrogen) atoms. The summed E-state index contributed by atoms with van der Waals surface area (Å²) in [6.45, 7) is 2.58. The topological polar surface area (TPSA) is 72.4 Å². The van der Waals surface area contributed by atoms with Crippen molar-refractivity contribution in [2.24, 2.45) is 0 Å². The molecule has 1 aliphatic heterocycles. The Morgan fingerprint density at radius 2 is 2.10 bits per heavy atom. The highest BCUT2D eigenvalue weighted by atomic mass is 19.1. The fraction of sp³-hybridized carbons (Fsp3) is 0.571. The molecule has 1 unspecified atom stereocenters. The maximum absolute atomic E-state index is 12.7. The lowest BCUT2D eigenvalue weighted by atomic mass is 10.1. The molecule has 1 aliphatic rings. The fourth-order valence-corrected chi connectivity index (χ4v) is 2.21. The number of Topliss-reactive ketones (excluding diaryl/α,β-unsaturated/α-hetero) is 1. The van der Waals surface area contributed by atoms with Crippen molar-refractivity contribution in [2.75, 3.05) is 13.1 Å². The van der Waals surface area contributed by atoms with Gasteiger partial charge in [-0.15, -0.1) is 0 Å². The van der Waals surface area contributed by atoms with Crippen LogP contribution < -0.4 is 4.74 Å². The molecule has 6 nitrogen and oxygen atoms in total. The number of aromatic nitrogens is 2. The number of carbonyl (C=O) groups excluding carboxylic acids is 2. The lowest BCUT2D eigenvalue weighted by Crippen LogP contribution is -2.44. The van der Waals surface area contributed by atoms with Gasteiger partial charge in [-0.2, -0.15) is 0 Å². The van der Waals surface area contributed by atoms with Gasteiger partial charge in [-0.05, 0) is 19.8 Å². The third-order valence-corrected chi connectivity index (χ3v) is 3.29. The van der Waals surface area contributed by atoms with Crippen molar-refractivity contribution in [2.45, 2.75) is 38.7 Å². The third-order valence-electron chi connectivity index (χ3n) is 3.29. The van der Waals surface area contributed by atoms with Gasteiger partial charge < -0.3 is 14.4 Å². The summed E-state index contributed by atoms with van der Waals surface area (Å²) < 4.78 is 18.3. The van der Waals surface area contributed by atoms with E-state index < -0.39 is 5.82 Å². The van der Waals surface area contributed by atoms with Crippen LogP contribution in [0.5, 0.6) is 6.01 Å². The molecule has 0 saturated carbocycles. The van der Waals surface area contributed by atoms with Gasteiger partial charge in [0.05, 0.1) is 18.9 Å². The molecule has 0 N–H and O–H groups in total. The van der Waals surface area contributed by atoms with Crippen LogP contribution in [0.25, 0.3) is 0 Å². The highest BCUT2D eigenvalue weighted by Crippen LogP contribution is 2.16. The zero-order chi connectivity index (χ0) is 15.2. The van der Waals surface area contributed by atoms with Gasteiger partial charge in [0.15, 0.2) is 5.82 Å². The molecule has 1 fully saturated rings. The number of ether oxygens (including phenoxy) is 1. The smallest absolute Gasteiger partial charge is 0.316 e. The Morgan fingerprint density at radius 3 is 2.76 bits per heavy atom. The molecule has 1 amide bonds. The van der Waals surface area contributed by atoms with Crippen LogP contribution in [0.3, 0.4) is 0 Å². The number of piperidine rings is 1. The van der Waals surface area contributed by atoms with Gasteiger partial charge in [-0.1, -0.05) is 0 Å². The minimum Gasteiger partial charge on any atom is -0.458 e. The summed E-state index contributed by atoms with van der Waals surface area (Å²) in [5, 5.41) is 0. The number of hydrogen-bond donors (Lipinski definition) is 0. The number of carbonyl (C=O) groups is 2. The normalized spacial score (nSPS) is 18.4. The zero-order valence-corrected chi connectivity index (χ0v) is 11.9. The molecule has 2 rings (SSSR count). The highest BCUT2D eigenvalue weighted by Gasteiger charge is 2.25. The summed E-state index contributed by atoms with van der Waals surface area (Å²) in [7, 11) is 0. The van der Waals surface area contributed by atoms with E-state index >= 15 is 0 Å². The molecular formula is C14H18FN3O3. The van der Waals surface area contributed by atoms with Crippen LogP contribution in [-0.4, -0.2) is 45.8 Å². The average Bonchev–Trinajstić information content (AvgIpc) is 2.47. The van der Waals surface area contributed by atoms with Gasteiger partial charge in [0, 0.05) is 19.4 Å². The Bertz CT molecular complexity index is 507. The molecule has 0 aliphatic carbocycles. The largest absolute Gasteiger partial charge is 0.458 e. The first-order chi connectivity index (χ1) is 10.0. The molecule has 1 atom stereocenters. The van der Waals surface area contributed by atoms with Crippen LogP contribution in [0.4, 0.5) is 4.39 Å². The predicted molar refractivity (Wildman–Crippen MR) is 72.1 cm³/mol. The van der Waals surface area contributed by atoms with E-state index in [1.54, 1.807) is 4.90 Å². The Balaban J connectivity index is 1.86. The summed E-state index contributed by atoms with van der Waals surface area (Å²) in [4.78, 5) is 32.1. The maximum Gasteiger partial charge on any atom is 0.316 e. The number of halogens is 1. The number of nitrogens with zero attached hydrogens (tertiary/aromatic N) is 3. The van der Waals surface area contributed by atoms with Crippen molar-refractivity contribution in [1.29, 1.82) is 0 Å². The molecule has 1 aromatic heterocycles. The average molecular weight is 295 g/mol. The van der Waals surface area contributed by atoms with E-state index in [2.05, 4.69) is 9.97 Å². The van der Waals surface area contributed by atoms with E-state index in [0.717, 1.165) is 25.2 Å². The second-order valence-electron chi connectivity index (χ2n) is 5.11. The lowest BCUT2D eigenvalue weighted by Gasteiger charge is -2.32. The second kappa shape index (κ2) is 7.10. The van der Waals surface area contributed by atoms with Crippen molar-refractivity contribution in [3.8, 4) is 6.01 Å². The van der Waals surface area contributed by atoms with Crippen LogP contribution in [-0.2, 0) is 9.59 Å². The number of rotatable bonds is 5. The molecule has 114 valence electrons. The quantitative estimate of drug-likeness (QED) is 0.820. The number of ketones is 1. The zero-order valence-electron chi connectivity index (χ0n) is 11.9. The van der Waals surface area contributed by atoms with Gasteiger partial charge >= 0.3 is 6.01 Å². The van der Waals surface area contributed by atoms with Crippen molar-refractivity contribution >= 4 is 11.7 Å². The van der Waals surface area contributed by atoms with Crippen LogP contribution >= 0.6 is 0 Å². The fourth-order valence-electron chi connectivity index (χ4n) is 2.21. The summed E-state index contributed by atoms with van der Waals surface area (Å²) in [5.74, 6) is -0.557. The monoisotopic (exact) mass is 295 g/mol. The van der Waals surface area contributed by atoms with Gasteiger partial charge in [0.1, 0.15) is 11.9 Å². The summed E-state index contributed by atoms with van der Waals surface area (Å²) in [6, 6.07) is 0.111. The van der Waals surface area contributed by atoms with Crippen LogP contribution in [0.1, 0.15) is 32.6 Å². The third kappa shape index (κ3) is 4.77. The van der Waals surface area contributed by atoms with E-state index in [4.69, 9.17) is 4.74 Å². The minimum atomic E-state index is -0.521. The standard InChI is InChI=1S/C14H18FN3O3/c1-10(19)4-5-13(20)18-6-2-3-12(9-18)21-14-16-7-11(15)8-17-14/h7-8,12H,2-6,9H2,1H3. The lowest BCUT2D eigenvalue weighted by molar-refractivity contribution is -0.135. The van der Waals surface area contributed by atoms with Crippen LogP contribution in [0.2, 0.25) is 0 Å². The molecule has 0 aromatic carbocycles. The number of amides is 1. The SMILES string of the molecule is CC(=O)CCC(=O)N1CCCC(Oc2ncc(F)cn2)C1. The summed E-state index contributed by atoms with van der Waals surface area (Å²) >= 11 is 0. The molecular weight excluding hydrogens is 277 g/mol. The molecule has 2 heterocycles. The number of likely N-dealkylation sites (tertiary alicyclic amines) is 1. The van der Waals surface area contributed by atoms with Gasteiger partial charge in [0.25, 0.3) is 0 Å². The van der Waals surface area contributed by atoms with Crippen LogP contribution in [0, 0.1) is 5.82 Å². The van der Waals surface area contributed by atoms with E-state index in [1.807, 2.05) is 0 Å². The highest BCUT2D eigenvalue weighted by molar-refractivity contribution is 5.83. The Morgan fingerprint density at radius 1 is 1.38 bits per heavy atom. The Labute approximate surface area is 122 Å². The van der Waals surface area contributed by atoms with Crippen molar-refractivity contribution in [1.82, 2.24) is 14.9 Å². The predicted octanol–water partition coefficient (Wildman–Crippen LogP) is 1.35. The summed E-state index contributed by atoms with van der Waals surface area (Å²) in [5.41, 5.74) is 0. The second-order valence-corrected chi connectivity index (χ2v) is 5.11. The summed E-state index contributed by atoms with van der Waals surface area (Å²) in [6.07, 6.45) is 3.99. The minimum absolute atomic E-state index is 0.00729. The first-order valence-corrected chi connectivity index (χ1v) is 6.96. The van der Waals surface area contributed by atoms with E-state index in [0.29, 0.717) is 13.1 Å². The van der Waals surface area contributed by atoms with Crippen molar-refractivity contribution in [3.63, 3.8) is 0 Å². The van der Waals surface area contributed by atoms with E-state index in [9.17, 15) is 14.0 Å². The van der Waals surface area contributed by atoms with Gasteiger partial charge in [-0.3, -0.25) is 4.79 Å². The maximum atomic E-state index is 12.7. The molecule has 7 heteroatoms. The molecule has 1 aromatic rings. The molecule has 1 saturated heterocycles. The van der Waals surface area contributed by atoms with Crippen LogP contribution in [0.15, 0.2) is 12.4 Å². The molecule has 0 bridgehead atoms. The van der Waals surface area contributed by atoms with E-state index in [-0.39, 0.29) is 36.6 Å². The van der Waals surface area contributed by atoms with E-state index in [1.165, 1.54) is 6.92 Å². The Hall–Kier alpha value is -2.05. The van der Waals surface area contributed by atoms with Crippen molar-refractivity contribution < 1.29 is 18.7 Å². The number of hydrogen-bond acceptors (Lipinski definition) is 5. The Kier molecular flexibility index (Phi) is 5.19. The molecule has 0 spiro atoms. The first-order valence-electron chi connectivity index (χ1n) is 6.96. The molecule has 0 radical (unpaired) electrons. The first kappa shape index (κ1) is 15.3. The van der Waals surface area contributed by atoms with Gasteiger partial charge in [0.2, 0.25) is 5.91 Å². The van der Waals surface area contributed by atoms with Crippen molar-refractivity contribution in [3.05, 3.63) is 18.2 Å². The van der Waals surface area contributed by atoms with Gasteiger partial charge in [-0.25, -0.2) is 14.4 Å².